The van der Waals surface area contributed by atoms with Crippen molar-refractivity contribution < 1.29 is 4.79 Å². The zero-order chi connectivity index (χ0) is 13.1. The molecule has 2 amide bonds. The summed E-state index contributed by atoms with van der Waals surface area (Å²) in [6.07, 6.45) is 1.63. The van der Waals surface area contributed by atoms with Gasteiger partial charge in [-0.05, 0) is 25.5 Å². The molecule has 6 nitrogen and oxygen atoms in total. The van der Waals surface area contributed by atoms with Crippen molar-refractivity contribution in [2.45, 2.75) is 13.8 Å². The van der Waals surface area contributed by atoms with Gasteiger partial charge in [-0.2, -0.15) is 5.10 Å². The van der Waals surface area contributed by atoms with Crippen molar-refractivity contribution in [3.05, 3.63) is 35.7 Å². The van der Waals surface area contributed by atoms with E-state index in [-0.39, 0.29) is 6.03 Å². The first-order chi connectivity index (χ1) is 8.56. The van der Waals surface area contributed by atoms with Crippen molar-refractivity contribution in [1.82, 2.24) is 14.8 Å². The monoisotopic (exact) mass is 245 g/mol. The Morgan fingerprint density at radius 2 is 2.11 bits per heavy atom. The normalized spacial score (nSPS) is 10.2. The average molecular weight is 245 g/mol. The van der Waals surface area contributed by atoms with Gasteiger partial charge in [0.1, 0.15) is 5.82 Å². The van der Waals surface area contributed by atoms with Gasteiger partial charge in [0, 0.05) is 25.0 Å². The zero-order valence-corrected chi connectivity index (χ0v) is 10.6. The van der Waals surface area contributed by atoms with Crippen LogP contribution in [0.25, 0.3) is 0 Å². The minimum absolute atomic E-state index is 0.352. The van der Waals surface area contributed by atoms with Crippen LogP contribution in [0.2, 0.25) is 0 Å². The first-order valence-corrected chi connectivity index (χ1v) is 5.56. The summed E-state index contributed by atoms with van der Waals surface area (Å²) in [5.41, 5.74) is 1.88. The van der Waals surface area contributed by atoms with Gasteiger partial charge in [0.25, 0.3) is 0 Å². The Morgan fingerprint density at radius 3 is 2.72 bits per heavy atom. The summed E-state index contributed by atoms with van der Waals surface area (Å²) in [6.45, 7) is 3.80. The van der Waals surface area contributed by atoms with E-state index in [1.165, 1.54) is 0 Å². The third-order valence-corrected chi connectivity index (χ3v) is 2.60. The SMILES string of the molecule is Cc1cccnc1NC(=O)Nc1cc(C)n(C)n1. The van der Waals surface area contributed by atoms with Crippen LogP contribution in [0.1, 0.15) is 11.3 Å². The number of nitrogens with one attached hydrogen (secondary N) is 2. The molecule has 0 saturated carbocycles. The lowest BCUT2D eigenvalue weighted by Crippen LogP contribution is -2.21. The Kier molecular flexibility index (Phi) is 3.27. The molecular formula is C12H15N5O. The quantitative estimate of drug-likeness (QED) is 0.850. The molecule has 2 heterocycles. The molecule has 18 heavy (non-hydrogen) atoms. The number of urea groups is 1. The molecule has 0 aliphatic carbocycles. The predicted octanol–water partition coefficient (Wildman–Crippen LogP) is 2.08. The number of aryl methyl sites for hydroxylation is 3. The van der Waals surface area contributed by atoms with E-state index in [0.29, 0.717) is 11.6 Å². The average Bonchev–Trinajstić information content (AvgIpc) is 2.61. The van der Waals surface area contributed by atoms with Crippen LogP contribution in [0, 0.1) is 13.8 Å². The van der Waals surface area contributed by atoms with E-state index in [1.807, 2.05) is 33.0 Å². The van der Waals surface area contributed by atoms with Crippen molar-refractivity contribution in [3.63, 3.8) is 0 Å². The van der Waals surface area contributed by atoms with Gasteiger partial charge in [-0.25, -0.2) is 9.78 Å². The molecule has 0 aromatic carbocycles. The molecule has 2 rings (SSSR count). The van der Waals surface area contributed by atoms with Crippen molar-refractivity contribution in [3.8, 4) is 0 Å². The number of nitrogens with zero attached hydrogens (tertiary/aromatic N) is 3. The summed E-state index contributed by atoms with van der Waals surface area (Å²) < 4.78 is 1.70. The Hall–Kier alpha value is -2.37. The van der Waals surface area contributed by atoms with E-state index < -0.39 is 0 Å². The van der Waals surface area contributed by atoms with E-state index in [2.05, 4.69) is 20.7 Å². The molecule has 0 radical (unpaired) electrons. The molecule has 0 aliphatic heterocycles. The second-order valence-electron chi connectivity index (χ2n) is 4.04. The maximum absolute atomic E-state index is 11.7. The lowest BCUT2D eigenvalue weighted by atomic mass is 10.3. The number of rotatable bonds is 2. The standard InChI is InChI=1S/C12H15N5O/c1-8-5-4-6-13-11(8)15-12(18)14-10-7-9(2)17(3)16-10/h4-7H,1-3H3,(H2,13,14,15,16,18). The smallest absolute Gasteiger partial charge is 0.292 e. The number of carbonyl (C=O) groups is 1. The number of aromatic nitrogens is 3. The summed E-state index contributed by atoms with van der Waals surface area (Å²) in [5, 5.41) is 9.47. The molecule has 0 unspecified atom stereocenters. The van der Waals surface area contributed by atoms with E-state index in [1.54, 1.807) is 16.9 Å². The van der Waals surface area contributed by atoms with E-state index in [0.717, 1.165) is 11.3 Å². The summed E-state index contributed by atoms with van der Waals surface area (Å²) in [6, 6.07) is 5.15. The largest absolute Gasteiger partial charge is 0.326 e. The van der Waals surface area contributed by atoms with Gasteiger partial charge in [0.2, 0.25) is 0 Å². The highest BCUT2D eigenvalue weighted by Gasteiger charge is 2.08. The van der Waals surface area contributed by atoms with Crippen LogP contribution in [0.5, 0.6) is 0 Å². The van der Waals surface area contributed by atoms with Gasteiger partial charge in [-0.15, -0.1) is 0 Å². The number of anilines is 2. The summed E-state index contributed by atoms with van der Waals surface area (Å²) in [7, 11) is 1.82. The van der Waals surface area contributed by atoms with Crippen LogP contribution in [-0.4, -0.2) is 20.8 Å². The van der Waals surface area contributed by atoms with Crippen LogP contribution < -0.4 is 10.6 Å². The highest BCUT2D eigenvalue weighted by atomic mass is 16.2. The molecule has 0 fully saturated rings. The number of carbonyl (C=O) groups excluding carboxylic acids is 1. The highest BCUT2D eigenvalue weighted by molar-refractivity contribution is 5.98. The third kappa shape index (κ3) is 2.65. The van der Waals surface area contributed by atoms with Crippen molar-refractivity contribution in [1.29, 1.82) is 0 Å². The molecule has 2 aromatic heterocycles. The van der Waals surface area contributed by atoms with Gasteiger partial charge in [-0.3, -0.25) is 15.3 Å². The van der Waals surface area contributed by atoms with E-state index >= 15 is 0 Å². The second kappa shape index (κ2) is 4.87. The molecule has 0 atom stereocenters. The van der Waals surface area contributed by atoms with Crippen molar-refractivity contribution >= 4 is 17.7 Å². The van der Waals surface area contributed by atoms with Gasteiger partial charge < -0.3 is 0 Å². The molecule has 94 valence electrons. The maximum Gasteiger partial charge on any atom is 0.326 e. The molecule has 0 bridgehead atoms. The number of hydrogen-bond donors (Lipinski definition) is 2. The summed E-state index contributed by atoms with van der Waals surface area (Å²) in [5.74, 6) is 1.06. The van der Waals surface area contributed by atoms with Gasteiger partial charge in [-0.1, -0.05) is 6.07 Å². The van der Waals surface area contributed by atoms with E-state index in [4.69, 9.17) is 0 Å². The minimum Gasteiger partial charge on any atom is -0.292 e. The Morgan fingerprint density at radius 1 is 1.33 bits per heavy atom. The fourth-order valence-corrected chi connectivity index (χ4v) is 1.49. The van der Waals surface area contributed by atoms with E-state index in [9.17, 15) is 4.79 Å². The molecule has 0 aliphatic rings. The number of pyridine rings is 1. The Bertz CT molecular complexity index is 556. The van der Waals surface area contributed by atoms with Gasteiger partial charge >= 0.3 is 6.03 Å². The predicted molar refractivity (Wildman–Crippen MR) is 69.6 cm³/mol. The molecule has 6 heteroatoms. The van der Waals surface area contributed by atoms with Crippen molar-refractivity contribution in [2.24, 2.45) is 7.05 Å². The zero-order valence-electron chi connectivity index (χ0n) is 10.6. The lowest BCUT2D eigenvalue weighted by Gasteiger charge is -2.06. The van der Waals surface area contributed by atoms with Crippen LogP contribution >= 0.6 is 0 Å². The number of amides is 2. The Balaban J connectivity index is 2.03. The summed E-state index contributed by atoms with van der Waals surface area (Å²) in [4.78, 5) is 15.8. The Labute approximate surface area is 105 Å². The fraction of sp³-hybridized carbons (Fsp3) is 0.250. The first-order valence-electron chi connectivity index (χ1n) is 5.56. The third-order valence-electron chi connectivity index (χ3n) is 2.60. The van der Waals surface area contributed by atoms with Crippen LogP contribution in [0.4, 0.5) is 16.4 Å². The van der Waals surface area contributed by atoms with Crippen LogP contribution in [0.3, 0.4) is 0 Å². The van der Waals surface area contributed by atoms with Crippen LogP contribution in [-0.2, 0) is 7.05 Å². The molecule has 0 spiro atoms. The van der Waals surface area contributed by atoms with Gasteiger partial charge in [0.15, 0.2) is 5.82 Å². The first kappa shape index (κ1) is 12.1. The lowest BCUT2D eigenvalue weighted by molar-refractivity contribution is 0.262. The fourth-order valence-electron chi connectivity index (χ4n) is 1.49. The second-order valence-corrected chi connectivity index (χ2v) is 4.04. The molecule has 0 saturated heterocycles. The topological polar surface area (TPSA) is 71.8 Å². The van der Waals surface area contributed by atoms with Crippen molar-refractivity contribution in [2.75, 3.05) is 10.6 Å². The van der Waals surface area contributed by atoms with Gasteiger partial charge in [0.05, 0.1) is 0 Å². The maximum atomic E-state index is 11.7. The van der Waals surface area contributed by atoms with Crippen LogP contribution in [0.15, 0.2) is 24.4 Å². The number of hydrogen-bond acceptors (Lipinski definition) is 3. The molecule has 2 N–H and O–H groups in total. The minimum atomic E-state index is -0.352. The highest BCUT2D eigenvalue weighted by Crippen LogP contribution is 2.11. The summed E-state index contributed by atoms with van der Waals surface area (Å²) >= 11 is 0. The molecule has 2 aromatic rings. The molecular weight excluding hydrogens is 230 g/mol.